The Hall–Kier alpha value is -1.30. The molecule has 1 heterocycles. The van der Waals surface area contributed by atoms with E-state index in [2.05, 4.69) is 5.32 Å². The lowest BCUT2D eigenvalue weighted by atomic mass is 9.81. The number of rotatable bonds is 5. The number of hydrogen-bond acceptors (Lipinski definition) is 3. The molecule has 0 unspecified atom stereocenters. The number of nitrogens with zero attached hydrogens (tertiary/aromatic N) is 1. The summed E-state index contributed by atoms with van der Waals surface area (Å²) in [6.07, 6.45) is 2.53. The molecule has 2 amide bonds. The van der Waals surface area contributed by atoms with E-state index in [0.29, 0.717) is 32.7 Å². The average molecular weight is 298 g/mol. The van der Waals surface area contributed by atoms with Crippen molar-refractivity contribution < 1.29 is 19.4 Å². The third-order valence-corrected chi connectivity index (χ3v) is 4.78. The van der Waals surface area contributed by atoms with Crippen LogP contribution < -0.4 is 5.32 Å². The maximum atomic E-state index is 12.3. The van der Waals surface area contributed by atoms with Gasteiger partial charge < -0.3 is 20.1 Å². The molecule has 2 fully saturated rings. The Labute approximate surface area is 125 Å². The Bertz CT molecular complexity index is 424. The fourth-order valence-electron chi connectivity index (χ4n) is 3.64. The molecule has 0 aromatic rings. The predicted octanol–water partition coefficient (Wildman–Crippen LogP) is 1.70. The molecule has 0 radical (unpaired) electrons. The summed E-state index contributed by atoms with van der Waals surface area (Å²) in [6.45, 7) is 7.66. The van der Waals surface area contributed by atoms with Gasteiger partial charge in [0.25, 0.3) is 0 Å². The minimum Gasteiger partial charge on any atom is -0.481 e. The topological polar surface area (TPSA) is 78.9 Å². The number of carboxylic acid groups (broad SMARTS) is 1. The first-order valence-electron chi connectivity index (χ1n) is 7.71. The van der Waals surface area contributed by atoms with E-state index in [1.807, 2.05) is 20.8 Å². The Morgan fingerprint density at radius 1 is 1.48 bits per heavy atom. The zero-order valence-electron chi connectivity index (χ0n) is 13.1. The largest absolute Gasteiger partial charge is 0.481 e. The van der Waals surface area contributed by atoms with E-state index in [1.54, 1.807) is 4.90 Å². The van der Waals surface area contributed by atoms with Crippen molar-refractivity contribution in [3.05, 3.63) is 0 Å². The molecule has 2 N–H and O–H groups in total. The number of carbonyl (C=O) groups is 2. The fraction of sp³-hybridized carbons (Fsp3) is 0.867. The van der Waals surface area contributed by atoms with Crippen LogP contribution in [-0.2, 0) is 9.53 Å². The number of aliphatic carboxylic acids is 1. The van der Waals surface area contributed by atoms with Crippen LogP contribution in [0.25, 0.3) is 0 Å². The van der Waals surface area contributed by atoms with Gasteiger partial charge in [-0.3, -0.25) is 4.79 Å². The van der Waals surface area contributed by atoms with Crippen LogP contribution in [0, 0.1) is 11.3 Å². The van der Waals surface area contributed by atoms with Gasteiger partial charge in [0.2, 0.25) is 0 Å². The molecule has 1 aliphatic carbocycles. The monoisotopic (exact) mass is 298 g/mol. The van der Waals surface area contributed by atoms with Crippen LogP contribution in [0.3, 0.4) is 0 Å². The van der Waals surface area contributed by atoms with E-state index < -0.39 is 17.0 Å². The first-order chi connectivity index (χ1) is 9.81. The second kappa shape index (κ2) is 5.83. The molecule has 2 atom stereocenters. The van der Waals surface area contributed by atoms with Crippen LogP contribution in [0.5, 0.6) is 0 Å². The van der Waals surface area contributed by atoms with E-state index in [-0.39, 0.29) is 11.9 Å². The Kier molecular flexibility index (Phi) is 4.46. The van der Waals surface area contributed by atoms with Crippen molar-refractivity contribution in [1.82, 2.24) is 10.2 Å². The smallest absolute Gasteiger partial charge is 0.317 e. The Balaban J connectivity index is 1.92. The van der Waals surface area contributed by atoms with Gasteiger partial charge in [0.05, 0.1) is 11.0 Å². The van der Waals surface area contributed by atoms with Crippen molar-refractivity contribution in [2.45, 2.75) is 45.6 Å². The highest BCUT2D eigenvalue weighted by Crippen LogP contribution is 2.48. The highest BCUT2D eigenvalue weighted by atomic mass is 16.5. The minimum atomic E-state index is -0.755. The molecule has 1 aliphatic heterocycles. The molecule has 120 valence electrons. The van der Waals surface area contributed by atoms with Crippen molar-refractivity contribution in [3.8, 4) is 0 Å². The van der Waals surface area contributed by atoms with Gasteiger partial charge in [-0.05, 0) is 39.5 Å². The van der Waals surface area contributed by atoms with Crippen LogP contribution in [-0.4, -0.2) is 53.8 Å². The van der Waals surface area contributed by atoms with Crippen LogP contribution in [0.4, 0.5) is 4.79 Å². The summed E-state index contributed by atoms with van der Waals surface area (Å²) >= 11 is 0. The quantitative estimate of drug-likeness (QED) is 0.809. The summed E-state index contributed by atoms with van der Waals surface area (Å²) in [4.78, 5) is 25.5. The van der Waals surface area contributed by atoms with E-state index in [4.69, 9.17) is 4.74 Å². The van der Waals surface area contributed by atoms with Gasteiger partial charge in [-0.2, -0.15) is 0 Å². The standard InChI is InChI=1S/C15H26N2O4/c1-4-21-14(2,3)9-16-13(20)17-8-11-6-5-7-15(11,10-17)12(18)19/h11H,4-10H2,1-3H3,(H,16,20)(H,18,19)/t11-,15+/m0/s1. The molecule has 0 aromatic carbocycles. The molecule has 6 heteroatoms. The van der Waals surface area contributed by atoms with E-state index in [9.17, 15) is 14.7 Å². The fourth-order valence-corrected chi connectivity index (χ4v) is 3.64. The molecule has 0 bridgehead atoms. The van der Waals surface area contributed by atoms with Crippen molar-refractivity contribution in [3.63, 3.8) is 0 Å². The zero-order valence-corrected chi connectivity index (χ0v) is 13.1. The third kappa shape index (κ3) is 3.15. The van der Waals surface area contributed by atoms with Gasteiger partial charge in [0.15, 0.2) is 0 Å². The maximum absolute atomic E-state index is 12.3. The maximum Gasteiger partial charge on any atom is 0.317 e. The van der Waals surface area contributed by atoms with Crippen LogP contribution in [0.1, 0.15) is 40.0 Å². The average Bonchev–Trinajstić information content (AvgIpc) is 2.93. The second-order valence-corrected chi connectivity index (χ2v) is 6.78. The number of urea groups is 1. The van der Waals surface area contributed by atoms with Gasteiger partial charge in [-0.1, -0.05) is 6.42 Å². The van der Waals surface area contributed by atoms with Crippen LogP contribution in [0.2, 0.25) is 0 Å². The molecule has 2 aliphatic rings. The van der Waals surface area contributed by atoms with Crippen LogP contribution in [0.15, 0.2) is 0 Å². The summed E-state index contributed by atoms with van der Waals surface area (Å²) in [5, 5.41) is 12.4. The number of ether oxygens (including phenoxy) is 1. The Morgan fingerprint density at radius 3 is 2.76 bits per heavy atom. The molecule has 1 saturated heterocycles. The summed E-state index contributed by atoms with van der Waals surface area (Å²) in [5.41, 5.74) is -1.13. The molecule has 6 nitrogen and oxygen atoms in total. The third-order valence-electron chi connectivity index (χ3n) is 4.78. The van der Waals surface area contributed by atoms with Gasteiger partial charge >= 0.3 is 12.0 Å². The summed E-state index contributed by atoms with van der Waals surface area (Å²) in [7, 11) is 0. The first kappa shape index (κ1) is 16.1. The highest BCUT2D eigenvalue weighted by molar-refractivity contribution is 5.80. The van der Waals surface area contributed by atoms with Crippen molar-refractivity contribution in [2.75, 3.05) is 26.2 Å². The SMILES string of the molecule is CCOC(C)(C)CNC(=O)N1C[C@@H]2CCC[C@@]2(C(=O)O)C1. The lowest BCUT2D eigenvalue weighted by molar-refractivity contribution is -0.149. The number of nitrogens with one attached hydrogen (secondary N) is 1. The van der Waals surface area contributed by atoms with Gasteiger partial charge in [-0.25, -0.2) is 4.79 Å². The normalized spacial score (nSPS) is 28.5. The molecular formula is C15H26N2O4. The first-order valence-corrected chi connectivity index (χ1v) is 7.71. The lowest BCUT2D eigenvalue weighted by Gasteiger charge is -2.27. The van der Waals surface area contributed by atoms with E-state index in [1.165, 1.54) is 0 Å². The van der Waals surface area contributed by atoms with E-state index in [0.717, 1.165) is 12.8 Å². The second-order valence-electron chi connectivity index (χ2n) is 6.78. The molecule has 21 heavy (non-hydrogen) atoms. The Morgan fingerprint density at radius 2 is 2.19 bits per heavy atom. The van der Waals surface area contributed by atoms with Crippen molar-refractivity contribution in [2.24, 2.45) is 11.3 Å². The van der Waals surface area contributed by atoms with Crippen molar-refractivity contribution >= 4 is 12.0 Å². The molecule has 0 spiro atoms. The molecule has 2 rings (SSSR count). The van der Waals surface area contributed by atoms with Gasteiger partial charge in [0.1, 0.15) is 0 Å². The number of likely N-dealkylation sites (tertiary alicyclic amines) is 1. The minimum absolute atomic E-state index is 0.0978. The van der Waals surface area contributed by atoms with Gasteiger partial charge in [-0.15, -0.1) is 0 Å². The number of amides is 2. The predicted molar refractivity (Wildman–Crippen MR) is 78.1 cm³/mol. The van der Waals surface area contributed by atoms with Crippen LogP contribution >= 0.6 is 0 Å². The highest BCUT2D eigenvalue weighted by Gasteiger charge is 2.55. The number of fused-ring (bicyclic) bond motifs is 1. The number of carboxylic acids is 1. The summed E-state index contributed by atoms with van der Waals surface area (Å²) in [6, 6.07) is -0.183. The number of carbonyl (C=O) groups excluding carboxylic acids is 1. The summed E-state index contributed by atoms with van der Waals surface area (Å²) in [5.74, 6) is -0.657. The lowest BCUT2D eigenvalue weighted by Crippen LogP contribution is -2.47. The molecule has 0 aromatic heterocycles. The summed E-state index contributed by atoms with van der Waals surface area (Å²) < 4.78 is 5.55. The van der Waals surface area contributed by atoms with Gasteiger partial charge in [0, 0.05) is 26.2 Å². The zero-order chi connectivity index (χ0) is 15.7. The van der Waals surface area contributed by atoms with E-state index >= 15 is 0 Å². The number of hydrogen-bond donors (Lipinski definition) is 2. The molecule has 1 saturated carbocycles. The van der Waals surface area contributed by atoms with Crippen molar-refractivity contribution in [1.29, 1.82) is 0 Å². The molecular weight excluding hydrogens is 272 g/mol.